The molecule has 0 bridgehead atoms. The summed E-state index contributed by atoms with van der Waals surface area (Å²) in [5.41, 5.74) is 2.10. The minimum Gasteiger partial charge on any atom is -0.0767 e. The summed E-state index contributed by atoms with van der Waals surface area (Å²) in [5, 5.41) is 0. The monoisotopic (exact) mass is 354 g/mol. The van der Waals surface area contributed by atoms with Gasteiger partial charge in [-0.25, -0.2) is 0 Å². The Hall–Kier alpha value is -2.52. The molecule has 0 atom stereocenters. The molecular formula is C21H15MnO2. The molecule has 2 radical (unpaired) electrons. The second-order valence-corrected chi connectivity index (χ2v) is 3.94. The van der Waals surface area contributed by atoms with Gasteiger partial charge < -0.3 is 0 Å². The van der Waals surface area contributed by atoms with Crippen LogP contribution in [0.1, 0.15) is 11.1 Å². The molecule has 0 fully saturated rings. The second kappa shape index (κ2) is 18.5. The van der Waals surface area contributed by atoms with Gasteiger partial charge in [-0.2, -0.15) is 0 Å². The van der Waals surface area contributed by atoms with Crippen LogP contribution in [0, 0.1) is 31.6 Å². The molecule has 1 aliphatic rings. The Morgan fingerprint density at radius 2 is 0.875 bits per heavy atom. The maximum absolute atomic E-state index is 7.50. The van der Waals surface area contributed by atoms with Crippen molar-refractivity contribution in [3.63, 3.8) is 0 Å². The van der Waals surface area contributed by atoms with Crippen molar-refractivity contribution in [3.8, 4) is 11.8 Å². The smallest absolute Gasteiger partial charge is 0.00506 e. The fraction of sp³-hybridized carbons (Fsp3) is 0. The van der Waals surface area contributed by atoms with E-state index in [-0.39, 0.29) is 17.1 Å². The molecule has 0 spiro atoms. The molecule has 2 aromatic carbocycles. The summed E-state index contributed by atoms with van der Waals surface area (Å²) in [5.74, 6) is 6.22. The molecule has 0 saturated carbocycles. The summed E-state index contributed by atoms with van der Waals surface area (Å²) >= 11 is 0. The van der Waals surface area contributed by atoms with Gasteiger partial charge in [-0.15, -0.1) is 0 Å². The van der Waals surface area contributed by atoms with Crippen molar-refractivity contribution in [1.29, 1.82) is 0 Å². The Morgan fingerprint density at radius 3 is 1.12 bits per heavy atom. The van der Waals surface area contributed by atoms with Crippen LogP contribution in [0.15, 0.2) is 85.0 Å². The standard InChI is InChI=1S/C14H10.C5H5.2CO.Mn/c1-3-7-13(8-4-1)11-12-14-9-5-2-6-10-14;1-2-4-5-3-1;2*1-2;/h1-10H;1-5H;;;. The molecule has 24 heavy (non-hydrogen) atoms. The van der Waals surface area contributed by atoms with E-state index >= 15 is 0 Å². The van der Waals surface area contributed by atoms with Gasteiger partial charge in [0.15, 0.2) is 0 Å². The predicted octanol–water partition coefficient (Wildman–Crippen LogP) is 4.33. The number of hydrogen-bond acceptors (Lipinski definition) is 0. The van der Waals surface area contributed by atoms with E-state index in [1.165, 1.54) is 0 Å². The first-order chi connectivity index (χ1) is 11.4. The largest absolute Gasteiger partial charge is 0.0767 e. The Labute approximate surface area is 154 Å². The van der Waals surface area contributed by atoms with Gasteiger partial charge in [0.05, 0.1) is 0 Å². The number of rotatable bonds is 0. The summed E-state index contributed by atoms with van der Waals surface area (Å²) in [6.45, 7) is 9.00. The molecule has 3 heteroatoms. The van der Waals surface area contributed by atoms with Crippen molar-refractivity contribution >= 4 is 0 Å². The second-order valence-electron chi connectivity index (χ2n) is 3.94. The van der Waals surface area contributed by atoms with Crippen LogP contribution in [-0.4, -0.2) is 0 Å². The van der Waals surface area contributed by atoms with Crippen LogP contribution in [0.4, 0.5) is 0 Å². The van der Waals surface area contributed by atoms with E-state index in [1.807, 2.05) is 91.4 Å². The first-order valence-corrected chi connectivity index (χ1v) is 6.65. The van der Waals surface area contributed by atoms with Crippen molar-refractivity contribution in [2.24, 2.45) is 0 Å². The fourth-order valence-corrected chi connectivity index (χ4v) is 1.51. The van der Waals surface area contributed by atoms with E-state index in [2.05, 4.69) is 25.1 Å². The maximum atomic E-state index is 7.50. The normalized spacial score (nSPS) is 9.00. The van der Waals surface area contributed by atoms with Gasteiger partial charge in [-0.3, -0.25) is 0 Å². The Bertz CT molecular complexity index is 628. The van der Waals surface area contributed by atoms with Crippen LogP contribution < -0.4 is 0 Å². The summed E-state index contributed by atoms with van der Waals surface area (Å²) in [6, 6.07) is 20.0. The zero-order chi connectivity index (χ0) is 17.2. The summed E-state index contributed by atoms with van der Waals surface area (Å²) < 4.78 is 15.0. The molecule has 0 saturated heterocycles. The average Bonchev–Trinajstić information content (AvgIpc) is 3.25. The van der Waals surface area contributed by atoms with Crippen molar-refractivity contribution in [2.45, 2.75) is 0 Å². The van der Waals surface area contributed by atoms with Crippen LogP contribution in [0.5, 0.6) is 0 Å². The molecule has 2 nitrogen and oxygen atoms in total. The maximum Gasteiger partial charge on any atom is 0.00506 e. The van der Waals surface area contributed by atoms with Crippen molar-refractivity contribution in [1.82, 2.24) is 0 Å². The van der Waals surface area contributed by atoms with E-state index in [0.29, 0.717) is 0 Å². The zero-order valence-electron chi connectivity index (χ0n) is 12.9. The third-order valence-electron chi connectivity index (χ3n) is 2.45. The number of benzene rings is 2. The van der Waals surface area contributed by atoms with Crippen LogP contribution in [0.25, 0.3) is 0 Å². The number of hydrogen-bond donors (Lipinski definition) is 0. The van der Waals surface area contributed by atoms with Crippen LogP contribution in [0.2, 0.25) is 0 Å². The van der Waals surface area contributed by atoms with Gasteiger partial charge in [-0.1, -0.05) is 72.5 Å². The SMILES string of the molecule is C(#Cc1ccccc1)c1ccccc1.[C-]#[O+].[C-]#[O+].[CH]1C=CC=C1.[Mn]. The van der Waals surface area contributed by atoms with Gasteiger partial charge in [0.25, 0.3) is 0 Å². The fourth-order valence-electron chi connectivity index (χ4n) is 1.51. The third-order valence-corrected chi connectivity index (χ3v) is 2.45. The van der Waals surface area contributed by atoms with Crippen molar-refractivity contribution < 1.29 is 26.4 Å². The van der Waals surface area contributed by atoms with Crippen LogP contribution >= 0.6 is 0 Å². The molecule has 3 rings (SSSR count). The van der Waals surface area contributed by atoms with Crippen molar-refractivity contribution in [2.75, 3.05) is 0 Å². The molecule has 0 aromatic heterocycles. The first-order valence-electron chi connectivity index (χ1n) is 6.65. The van der Waals surface area contributed by atoms with E-state index in [9.17, 15) is 0 Å². The molecule has 2 aromatic rings. The minimum atomic E-state index is 0. The van der Waals surface area contributed by atoms with Gasteiger partial charge in [0, 0.05) is 34.6 Å². The summed E-state index contributed by atoms with van der Waals surface area (Å²) in [7, 11) is 0. The minimum absolute atomic E-state index is 0. The van der Waals surface area contributed by atoms with Gasteiger partial charge in [0.1, 0.15) is 0 Å². The molecule has 118 valence electrons. The Morgan fingerprint density at radius 1 is 0.542 bits per heavy atom. The topological polar surface area (TPSA) is 39.8 Å². The van der Waals surface area contributed by atoms with Gasteiger partial charge in [-0.05, 0) is 24.3 Å². The van der Waals surface area contributed by atoms with Crippen LogP contribution in [0.3, 0.4) is 0 Å². The molecular weight excluding hydrogens is 339 g/mol. The molecule has 0 unspecified atom stereocenters. The first kappa shape index (κ1) is 23.7. The quantitative estimate of drug-likeness (QED) is 0.293. The molecule has 0 aliphatic heterocycles. The third kappa shape index (κ3) is 12.1. The molecule has 1 aliphatic carbocycles. The summed E-state index contributed by atoms with van der Waals surface area (Å²) in [6.07, 6.45) is 10.0. The average molecular weight is 354 g/mol. The Balaban J connectivity index is 0. The molecule has 0 amide bonds. The number of allylic oxidation sites excluding steroid dienone is 4. The van der Waals surface area contributed by atoms with E-state index in [1.54, 1.807) is 0 Å². The Kier molecular flexibility index (Phi) is 18.3. The zero-order valence-corrected chi connectivity index (χ0v) is 14.0. The van der Waals surface area contributed by atoms with Gasteiger partial charge >= 0.3 is 22.6 Å². The molecule has 0 heterocycles. The van der Waals surface area contributed by atoms with E-state index < -0.39 is 0 Å². The van der Waals surface area contributed by atoms with Gasteiger partial charge in [0.2, 0.25) is 0 Å². The van der Waals surface area contributed by atoms with Crippen LogP contribution in [-0.2, 0) is 26.4 Å². The predicted molar refractivity (Wildman–Crippen MR) is 89.3 cm³/mol. The van der Waals surface area contributed by atoms with Crippen molar-refractivity contribution in [3.05, 3.63) is 116 Å². The van der Waals surface area contributed by atoms with E-state index in [4.69, 9.17) is 9.30 Å². The summed E-state index contributed by atoms with van der Waals surface area (Å²) in [4.78, 5) is 0. The molecule has 0 N–H and O–H groups in total. The van der Waals surface area contributed by atoms with E-state index in [0.717, 1.165) is 11.1 Å².